The first kappa shape index (κ1) is 21.5. The Kier molecular flexibility index (Phi) is 5.92. The lowest BCUT2D eigenvalue weighted by Gasteiger charge is -2.11. The van der Waals surface area contributed by atoms with E-state index in [4.69, 9.17) is 9.26 Å². The summed E-state index contributed by atoms with van der Waals surface area (Å²) in [6.45, 7) is 4.65. The Morgan fingerprint density at radius 1 is 1.20 bits per heavy atom. The molecule has 1 amide bonds. The maximum Gasteiger partial charge on any atom is 0.416 e. The van der Waals surface area contributed by atoms with Crippen LogP contribution in [0.2, 0.25) is 0 Å². The summed E-state index contributed by atoms with van der Waals surface area (Å²) < 4.78 is 48.2. The molecule has 11 heteroatoms. The van der Waals surface area contributed by atoms with Crippen LogP contribution in [0, 0.1) is 13.8 Å². The molecule has 1 N–H and O–H groups in total. The normalized spacial score (nSPS) is 12.5. The Balaban J connectivity index is 1.69. The molecule has 0 radical (unpaired) electrons. The fourth-order valence-electron chi connectivity index (χ4n) is 2.42. The largest absolute Gasteiger partial charge is 0.448 e. The molecule has 0 saturated heterocycles. The van der Waals surface area contributed by atoms with Crippen LogP contribution in [0.1, 0.15) is 33.5 Å². The van der Waals surface area contributed by atoms with Gasteiger partial charge < -0.3 is 9.26 Å². The molecule has 0 aliphatic rings. The Morgan fingerprint density at radius 2 is 1.87 bits per heavy atom. The standard InChI is InChI=1S/C19H16F3N3O4S/c1-9-8-14(29-25-9)24-16(26)11(3)28-18(27)15-10(2)23-17(30-15)12-4-6-13(7-5-12)19(20,21)22/h4-8,11H,1-3H3,(H,24,26). The molecule has 158 valence electrons. The lowest BCUT2D eigenvalue weighted by molar-refractivity contribution is -0.137. The first-order chi connectivity index (χ1) is 14.0. The molecule has 3 rings (SSSR count). The highest BCUT2D eigenvalue weighted by Crippen LogP contribution is 2.33. The van der Waals surface area contributed by atoms with Gasteiger partial charge in [0.15, 0.2) is 6.10 Å². The monoisotopic (exact) mass is 439 g/mol. The number of carbonyl (C=O) groups is 2. The van der Waals surface area contributed by atoms with Crippen LogP contribution in [-0.2, 0) is 15.7 Å². The van der Waals surface area contributed by atoms with Gasteiger partial charge in [-0.1, -0.05) is 17.3 Å². The van der Waals surface area contributed by atoms with Crippen LogP contribution in [0.15, 0.2) is 34.9 Å². The molecular formula is C19H16F3N3O4S. The van der Waals surface area contributed by atoms with E-state index < -0.39 is 29.7 Å². The number of nitrogens with one attached hydrogen (secondary N) is 1. The average Bonchev–Trinajstić information content (AvgIpc) is 3.26. The number of carbonyl (C=O) groups excluding carboxylic acids is 2. The highest BCUT2D eigenvalue weighted by atomic mass is 32.1. The minimum Gasteiger partial charge on any atom is -0.448 e. The summed E-state index contributed by atoms with van der Waals surface area (Å²) in [5, 5.41) is 6.43. The smallest absolute Gasteiger partial charge is 0.416 e. The second-order valence-electron chi connectivity index (χ2n) is 6.38. The Hall–Kier alpha value is -3.21. The number of hydrogen-bond donors (Lipinski definition) is 1. The van der Waals surface area contributed by atoms with Crippen molar-refractivity contribution in [2.75, 3.05) is 5.32 Å². The lowest BCUT2D eigenvalue weighted by atomic mass is 10.1. The maximum absolute atomic E-state index is 12.7. The van der Waals surface area contributed by atoms with Gasteiger partial charge in [-0.25, -0.2) is 9.78 Å². The van der Waals surface area contributed by atoms with Crippen molar-refractivity contribution >= 4 is 29.1 Å². The van der Waals surface area contributed by atoms with Crippen LogP contribution in [0.25, 0.3) is 10.6 Å². The molecule has 0 aliphatic carbocycles. The topological polar surface area (TPSA) is 94.3 Å². The zero-order valence-electron chi connectivity index (χ0n) is 16.0. The van der Waals surface area contributed by atoms with Gasteiger partial charge in [0.1, 0.15) is 9.88 Å². The van der Waals surface area contributed by atoms with Gasteiger partial charge in [0.25, 0.3) is 5.91 Å². The molecule has 0 aliphatic heterocycles. The molecule has 0 spiro atoms. The van der Waals surface area contributed by atoms with Gasteiger partial charge in [0, 0.05) is 11.6 Å². The third-order valence-electron chi connectivity index (χ3n) is 3.97. The van der Waals surface area contributed by atoms with Crippen LogP contribution in [0.4, 0.5) is 19.1 Å². The van der Waals surface area contributed by atoms with E-state index in [1.54, 1.807) is 13.8 Å². The van der Waals surface area contributed by atoms with Crippen molar-refractivity contribution in [2.24, 2.45) is 0 Å². The molecule has 7 nitrogen and oxygen atoms in total. The first-order valence-corrected chi connectivity index (χ1v) is 9.46. The third kappa shape index (κ3) is 4.85. The summed E-state index contributed by atoms with van der Waals surface area (Å²) >= 11 is 0.968. The molecule has 0 fully saturated rings. The van der Waals surface area contributed by atoms with E-state index in [2.05, 4.69) is 15.5 Å². The summed E-state index contributed by atoms with van der Waals surface area (Å²) in [4.78, 5) is 29.0. The van der Waals surface area contributed by atoms with Crippen LogP contribution in [-0.4, -0.2) is 28.1 Å². The van der Waals surface area contributed by atoms with Crippen LogP contribution in [0.3, 0.4) is 0 Å². The highest BCUT2D eigenvalue weighted by Gasteiger charge is 2.30. The van der Waals surface area contributed by atoms with Gasteiger partial charge >= 0.3 is 12.1 Å². The van der Waals surface area contributed by atoms with E-state index >= 15 is 0 Å². The number of benzene rings is 1. The van der Waals surface area contributed by atoms with E-state index in [0.29, 0.717) is 22.0 Å². The maximum atomic E-state index is 12.7. The molecular weight excluding hydrogens is 423 g/mol. The zero-order valence-corrected chi connectivity index (χ0v) is 16.9. The Bertz CT molecular complexity index is 1070. The van der Waals surface area contributed by atoms with Crippen molar-refractivity contribution in [3.63, 3.8) is 0 Å². The van der Waals surface area contributed by atoms with Crippen molar-refractivity contribution in [2.45, 2.75) is 33.1 Å². The van der Waals surface area contributed by atoms with Crippen LogP contribution < -0.4 is 5.32 Å². The highest BCUT2D eigenvalue weighted by molar-refractivity contribution is 7.17. The van der Waals surface area contributed by atoms with Gasteiger partial charge in [-0.15, -0.1) is 11.3 Å². The molecule has 2 aromatic heterocycles. The average molecular weight is 439 g/mol. The van der Waals surface area contributed by atoms with E-state index in [9.17, 15) is 22.8 Å². The minimum atomic E-state index is -4.44. The second kappa shape index (κ2) is 8.27. The summed E-state index contributed by atoms with van der Waals surface area (Å²) in [6.07, 6.45) is -5.56. The van der Waals surface area contributed by atoms with E-state index in [1.807, 2.05) is 0 Å². The summed E-state index contributed by atoms with van der Waals surface area (Å²) in [5.41, 5.74) is 0.576. The van der Waals surface area contributed by atoms with Crippen LogP contribution >= 0.6 is 11.3 Å². The molecule has 2 heterocycles. The van der Waals surface area contributed by atoms with E-state index in [1.165, 1.54) is 25.1 Å². The number of hydrogen-bond acceptors (Lipinski definition) is 7. The Morgan fingerprint density at radius 3 is 2.43 bits per heavy atom. The van der Waals surface area contributed by atoms with Crippen molar-refractivity contribution in [3.8, 4) is 10.6 Å². The number of nitrogens with zero attached hydrogens (tertiary/aromatic N) is 2. The van der Waals surface area contributed by atoms with Gasteiger partial charge in [0.05, 0.1) is 17.0 Å². The number of rotatable bonds is 5. The molecule has 3 aromatic rings. The van der Waals surface area contributed by atoms with Crippen molar-refractivity contribution in [1.82, 2.24) is 10.1 Å². The predicted octanol–water partition coefficient (Wildman–Crippen LogP) is 4.62. The van der Waals surface area contributed by atoms with Crippen molar-refractivity contribution in [3.05, 3.63) is 52.2 Å². The predicted molar refractivity (Wildman–Crippen MR) is 102 cm³/mol. The molecule has 1 atom stereocenters. The summed E-state index contributed by atoms with van der Waals surface area (Å²) in [7, 11) is 0. The number of esters is 1. The van der Waals surface area contributed by atoms with Gasteiger partial charge in [-0.3, -0.25) is 10.1 Å². The summed E-state index contributed by atoms with van der Waals surface area (Å²) in [5.74, 6) is -1.25. The first-order valence-electron chi connectivity index (χ1n) is 8.65. The summed E-state index contributed by atoms with van der Waals surface area (Å²) in [6, 6.07) is 5.97. The number of alkyl halides is 3. The zero-order chi connectivity index (χ0) is 22.1. The quantitative estimate of drug-likeness (QED) is 0.583. The van der Waals surface area contributed by atoms with E-state index in [0.717, 1.165) is 23.5 Å². The molecule has 1 aromatic carbocycles. The minimum absolute atomic E-state index is 0.124. The number of aromatic nitrogens is 2. The van der Waals surface area contributed by atoms with Crippen molar-refractivity contribution < 1.29 is 32.0 Å². The number of anilines is 1. The number of ether oxygens (including phenoxy) is 1. The number of amides is 1. The molecule has 0 bridgehead atoms. The van der Waals surface area contributed by atoms with Crippen LogP contribution in [0.5, 0.6) is 0 Å². The molecule has 30 heavy (non-hydrogen) atoms. The molecule has 1 unspecified atom stereocenters. The van der Waals surface area contributed by atoms with Gasteiger partial charge in [-0.2, -0.15) is 13.2 Å². The van der Waals surface area contributed by atoms with Crippen molar-refractivity contribution in [1.29, 1.82) is 0 Å². The number of thiazole rings is 1. The number of halogens is 3. The fraction of sp³-hybridized carbons (Fsp3) is 0.263. The second-order valence-corrected chi connectivity index (χ2v) is 7.38. The van der Waals surface area contributed by atoms with Gasteiger partial charge in [0.2, 0.25) is 5.88 Å². The lowest BCUT2D eigenvalue weighted by Crippen LogP contribution is -2.29. The fourth-order valence-corrected chi connectivity index (χ4v) is 3.38. The Labute approximate surface area is 172 Å². The SMILES string of the molecule is Cc1cc(NC(=O)C(C)OC(=O)c2sc(-c3ccc(C(F)(F)F)cc3)nc2C)on1. The molecule has 0 saturated carbocycles. The third-order valence-corrected chi connectivity index (χ3v) is 5.16. The van der Waals surface area contributed by atoms with Gasteiger partial charge in [-0.05, 0) is 32.9 Å². The number of aryl methyl sites for hydroxylation is 2. The van der Waals surface area contributed by atoms with E-state index in [-0.39, 0.29) is 10.8 Å².